The number of aromatic nitrogens is 3. The summed E-state index contributed by atoms with van der Waals surface area (Å²) >= 11 is 0. The van der Waals surface area contributed by atoms with Gasteiger partial charge in [0.15, 0.2) is 11.4 Å². The van der Waals surface area contributed by atoms with E-state index in [0.29, 0.717) is 30.1 Å². The van der Waals surface area contributed by atoms with Gasteiger partial charge in [-0.1, -0.05) is 30.3 Å². The van der Waals surface area contributed by atoms with E-state index >= 15 is 0 Å². The van der Waals surface area contributed by atoms with Crippen LogP contribution < -0.4 is 5.32 Å². The van der Waals surface area contributed by atoms with Crippen LogP contribution >= 0.6 is 12.4 Å². The molecule has 0 radical (unpaired) electrons. The van der Waals surface area contributed by atoms with Crippen molar-refractivity contribution in [3.8, 4) is 22.7 Å². The number of fused-ring (bicyclic) bond motifs is 2. The fourth-order valence-corrected chi connectivity index (χ4v) is 4.83. The molecule has 0 bridgehead atoms. The molecule has 194 valence electrons. The molecule has 2 aromatic carbocycles. The molecule has 0 unspecified atom stereocenters. The smallest absolute Gasteiger partial charge is 0.317 e. The molecule has 10 heteroatoms. The number of piperidine rings is 1. The van der Waals surface area contributed by atoms with Crippen LogP contribution in [0.3, 0.4) is 0 Å². The number of amides is 1. The zero-order valence-electron chi connectivity index (χ0n) is 20.4. The maximum Gasteiger partial charge on any atom is 0.317 e. The molecule has 5 aromatic rings. The number of hydrogen-bond acceptors (Lipinski definition) is 6. The summed E-state index contributed by atoms with van der Waals surface area (Å²) in [6.45, 7) is 1.06. The number of nitrogens with zero attached hydrogens (tertiary/aromatic N) is 4. The summed E-state index contributed by atoms with van der Waals surface area (Å²) in [7, 11) is 0. The zero-order chi connectivity index (χ0) is 25.4. The number of hydrogen-bond donors (Lipinski definition) is 2. The molecule has 1 fully saturated rings. The summed E-state index contributed by atoms with van der Waals surface area (Å²) in [4.78, 5) is 30.2. The first kappa shape index (κ1) is 25.4. The average molecular weight is 532 g/mol. The number of halogens is 1. The Morgan fingerprint density at radius 2 is 1.89 bits per heavy atom. The summed E-state index contributed by atoms with van der Waals surface area (Å²) in [6, 6.07) is 21.0. The van der Waals surface area contributed by atoms with E-state index in [0.717, 1.165) is 40.8 Å². The number of rotatable bonds is 6. The van der Waals surface area contributed by atoms with Gasteiger partial charge in [-0.05, 0) is 49.2 Å². The van der Waals surface area contributed by atoms with Crippen molar-refractivity contribution in [2.75, 3.05) is 19.6 Å². The third kappa shape index (κ3) is 4.98. The van der Waals surface area contributed by atoms with E-state index in [-0.39, 0.29) is 30.9 Å². The number of likely N-dealkylation sites (tertiary alicyclic amines) is 1. The van der Waals surface area contributed by atoms with Gasteiger partial charge in [-0.15, -0.1) is 12.4 Å². The van der Waals surface area contributed by atoms with Crippen LogP contribution in [0.4, 0.5) is 0 Å². The van der Waals surface area contributed by atoms with E-state index in [2.05, 4.69) is 10.3 Å². The molecule has 2 N–H and O–H groups in total. The van der Waals surface area contributed by atoms with Gasteiger partial charge in [0.2, 0.25) is 0 Å². The van der Waals surface area contributed by atoms with Crippen LogP contribution in [0.2, 0.25) is 0 Å². The molecule has 3 aromatic heterocycles. The second-order valence-electron chi connectivity index (χ2n) is 9.22. The molecule has 1 saturated heterocycles. The highest BCUT2D eigenvalue weighted by Crippen LogP contribution is 2.29. The van der Waals surface area contributed by atoms with Gasteiger partial charge < -0.3 is 19.7 Å². The Hall–Kier alpha value is -4.21. The summed E-state index contributed by atoms with van der Waals surface area (Å²) in [6.07, 6.45) is 3.45. The molecule has 0 aliphatic carbocycles. The van der Waals surface area contributed by atoms with E-state index in [4.69, 9.17) is 14.6 Å². The molecule has 4 heterocycles. The molecule has 1 atom stereocenters. The number of carbonyl (C=O) groups excluding carboxylic acids is 1. The Kier molecular flexibility index (Phi) is 7.13. The van der Waals surface area contributed by atoms with E-state index < -0.39 is 5.97 Å². The number of furan rings is 1. The summed E-state index contributed by atoms with van der Waals surface area (Å²) in [5.74, 6) is -0.262. The second-order valence-corrected chi connectivity index (χ2v) is 9.22. The Balaban J connectivity index is 0.00000294. The van der Waals surface area contributed by atoms with Gasteiger partial charge in [0.25, 0.3) is 5.91 Å². The molecular formula is C28H26ClN5O4. The van der Waals surface area contributed by atoms with Gasteiger partial charge in [0.1, 0.15) is 11.3 Å². The van der Waals surface area contributed by atoms with Crippen LogP contribution in [-0.2, 0) is 4.79 Å². The van der Waals surface area contributed by atoms with E-state index in [1.165, 1.54) is 0 Å². The highest BCUT2D eigenvalue weighted by Gasteiger charge is 2.24. The maximum atomic E-state index is 13.1. The van der Waals surface area contributed by atoms with Crippen LogP contribution in [0, 0.1) is 0 Å². The highest BCUT2D eigenvalue weighted by molar-refractivity contribution is 5.94. The predicted octanol–water partition coefficient (Wildman–Crippen LogP) is 4.51. The van der Waals surface area contributed by atoms with Gasteiger partial charge >= 0.3 is 5.97 Å². The number of carboxylic acid groups (broad SMARTS) is 1. The SMILES string of the molecule is Cl.O=C(O)CN[C@H]1CCCN(C(=O)c2ccc(-c3ccc4ncc(-c5cc6ccccc6o5)n4n3)cc2)C1. The van der Waals surface area contributed by atoms with Crippen molar-refractivity contribution in [1.29, 1.82) is 0 Å². The normalized spacial score (nSPS) is 15.5. The molecule has 1 amide bonds. The molecule has 0 spiro atoms. The first-order chi connectivity index (χ1) is 18.0. The van der Waals surface area contributed by atoms with Crippen molar-refractivity contribution in [3.63, 3.8) is 0 Å². The Morgan fingerprint density at radius 1 is 1.08 bits per heavy atom. The second kappa shape index (κ2) is 10.6. The van der Waals surface area contributed by atoms with Crippen LogP contribution in [0.1, 0.15) is 23.2 Å². The minimum absolute atomic E-state index is 0. The van der Waals surface area contributed by atoms with Crippen LogP contribution in [0.15, 0.2) is 77.3 Å². The number of carboxylic acids is 1. The third-order valence-electron chi connectivity index (χ3n) is 6.72. The fraction of sp³-hybridized carbons (Fsp3) is 0.214. The third-order valence-corrected chi connectivity index (χ3v) is 6.72. The molecule has 1 aliphatic heterocycles. The van der Waals surface area contributed by atoms with Crippen molar-refractivity contribution >= 4 is 40.9 Å². The average Bonchev–Trinajstić information content (AvgIpc) is 3.55. The maximum absolute atomic E-state index is 13.1. The molecule has 9 nitrogen and oxygen atoms in total. The van der Waals surface area contributed by atoms with Crippen LogP contribution in [0.25, 0.3) is 39.3 Å². The standard InChI is InChI=1S/C28H25N5O4.ClH/c34-27(35)16-29-21-5-3-13-32(17-21)28(36)19-9-7-18(8-10-19)22-11-12-26-30-15-23(33(26)31-22)25-14-20-4-1-2-6-24(20)37-25;/h1-2,4,6-12,14-15,21,29H,3,5,13,16-17H2,(H,34,35);1H/t21-;/m0./s1. The number of aliphatic carboxylic acids is 1. The van der Waals surface area contributed by atoms with Crippen molar-refractivity contribution in [3.05, 3.63) is 78.5 Å². The predicted molar refractivity (Wildman–Crippen MR) is 145 cm³/mol. The van der Waals surface area contributed by atoms with Crippen LogP contribution in [0.5, 0.6) is 0 Å². The summed E-state index contributed by atoms with van der Waals surface area (Å²) in [5, 5.41) is 17.7. The Morgan fingerprint density at radius 3 is 2.68 bits per heavy atom. The minimum atomic E-state index is -0.897. The number of benzene rings is 2. The lowest BCUT2D eigenvalue weighted by Gasteiger charge is -2.33. The van der Waals surface area contributed by atoms with E-state index in [1.54, 1.807) is 15.6 Å². The van der Waals surface area contributed by atoms with Crippen molar-refractivity contribution in [2.24, 2.45) is 0 Å². The topological polar surface area (TPSA) is 113 Å². The highest BCUT2D eigenvalue weighted by atomic mass is 35.5. The molecule has 38 heavy (non-hydrogen) atoms. The van der Waals surface area contributed by atoms with Gasteiger partial charge in [-0.2, -0.15) is 5.10 Å². The van der Waals surface area contributed by atoms with Gasteiger partial charge in [-0.25, -0.2) is 9.50 Å². The lowest BCUT2D eigenvalue weighted by molar-refractivity contribution is -0.136. The van der Waals surface area contributed by atoms with E-state index in [9.17, 15) is 9.59 Å². The van der Waals surface area contributed by atoms with E-state index in [1.807, 2.05) is 66.7 Å². The van der Waals surface area contributed by atoms with Gasteiger partial charge in [0.05, 0.1) is 18.4 Å². The first-order valence-electron chi connectivity index (χ1n) is 12.2. The van der Waals surface area contributed by atoms with Gasteiger partial charge in [0, 0.05) is 35.6 Å². The number of para-hydroxylation sites is 1. The molecule has 1 aliphatic rings. The van der Waals surface area contributed by atoms with Gasteiger partial charge in [-0.3, -0.25) is 9.59 Å². The minimum Gasteiger partial charge on any atom is -0.480 e. The number of imidazole rings is 1. The van der Waals surface area contributed by atoms with Crippen molar-refractivity contribution in [1.82, 2.24) is 24.8 Å². The summed E-state index contributed by atoms with van der Waals surface area (Å²) < 4.78 is 7.79. The lowest BCUT2D eigenvalue weighted by atomic mass is 10.0. The lowest BCUT2D eigenvalue weighted by Crippen LogP contribution is -2.49. The summed E-state index contributed by atoms with van der Waals surface area (Å²) in [5.41, 5.74) is 4.49. The first-order valence-corrected chi connectivity index (χ1v) is 12.2. The van der Waals surface area contributed by atoms with Crippen LogP contribution in [-0.4, -0.2) is 62.2 Å². The monoisotopic (exact) mass is 531 g/mol. The molecule has 0 saturated carbocycles. The van der Waals surface area contributed by atoms with Crippen molar-refractivity contribution < 1.29 is 19.1 Å². The quantitative estimate of drug-likeness (QED) is 0.331. The van der Waals surface area contributed by atoms with Crippen molar-refractivity contribution in [2.45, 2.75) is 18.9 Å². The Bertz CT molecular complexity index is 1580. The molecular weight excluding hydrogens is 506 g/mol. The fourth-order valence-electron chi connectivity index (χ4n) is 4.83. The zero-order valence-corrected chi connectivity index (χ0v) is 21.2. The number of carbonyl (C=O) groups is 2. The largest absolute Gasteiger partial charge is 0.480 e. The number of nitrogens with one attached hydrogen (secondary N) is 1. The Labute approximate surface area is 224 Å². The molecule has 6 rings (SSSR count).